The molecular formula is C16H17Cl2N5O. The van der Waals surface area contributed by atoms with Crippen molar-refractivity contribution in [1.82, 2.24) is 19.8 Å². The fourth-order valence-corrected chi connectivity index (χ4v) is 2.75. The molecule has 1 aliphatic rings. The second kappa shape index (κ2) is 7.34. The fraction of sp³-hybridized carbons (Fsp3) is 0.312. The molecule has 24 heavy (non-hydrogen) atoms. The van der Waals surface area contributed by atoms with E-state index in [1.54, 1.807) is 18.2 Å². The number of carbonyl (C=O) groups is 1. The van der Waals surface area contributed by atoms with Gasteiger partial charge in [-0.05, 0) is 25.2 Å². The molecule has 1 saturated heterocycles. The van der Waals surface area contributed by atoms with Crippen LogP contribution in [-0.4, -0.2) is 58.9 Å². The van der Waals surface area contributed by atoms with Crippen molar-refractivity contribution in [2.45, 2.75) is 0 Å². The van der Waals surface area contributed by atoms with Gasteiger partial charge in [-0.3, -0.25) is 4.79 Å². The molecule has 0 atom stereocenters. The normalized spacial score (nSPS) is 15.4. The summed E-state index contributed by atoms with van der Waals surface area (Å²) in [7, 11) is 2.05. The highest BCUT2D eigenvalue weighted by atomic mass is 35.5. The minimum absolute atomic E-state index is 0.0459. The van der Waals surface area contributed by atoms with Crippen LogP contribution in [0.3, 0.4) is 0 Å². The highest BCUT2D eigenvalue weighted by Gasteiger charge is 2.20. The molecule has 8 heteroatoms. The molecule has 2 heterocycles. The molecular weight excluding hydrogens is 349 g/mol. The predicted molar refractivity (Wildman–Crippen MR) is 95.2 cm³/mol. The third kappa shape index (κ3) is 3.95. The minimum atomic E-state index is -0.0459. The average molecular weight is 366 g/mol. The van der Waals surface area contributed by atoms with Crippen LogP contribution in [0.1, 0.15) is 10.4 Å². The zero-order valence-corrected chi connectivity index (χ0v) is 14.7. The Kier molecular flexibility index (Phi) is 5.18. The summed E-state index contributed by atoms with van der Waals surface area (Å²) < 4.78 is 0. The Balaban J connectivity index is 1.69. The van der Waals surface area contributed by atoms with Gasteiger partial charge in [0.2, 0.25) is 5.95 Å². The van der Waals surface area contributed by atoms with Crippen LogP contribution in [0, 0.1) is 0 Å². The van der Waals surface area contributed by atoms with E-state index in [1.165, 1.54) is 12.4 Å². The Bertz CT molecular complexity index is 730. The minimum Gasteiger partial charge on any atom is -0.336 e. The molecule has 0 unspecified atom stereocenters. The van der Waals surface area contributed by atoms with Crippen LogP contribution in [0.4, 0.5) is 11.6 Å². The van der Waals surface area contributed by atoms with Gasteiger partial charge in [0.1, 0.15) is 0 Å². The van der Waals surface area contributed by atoms with Crippen molar-refractivity contribution in [3.05, 3.63) is 46.2 Å². The highest BCUT2D eigenvalue weighted by molar-refractivity contribution is 6.35. The van der Waals surface area contributed by atoms with E-state index in [4.69, 9.17) is 23.2 Å². The van der Waals surface area contributed by atoms with Gasteiger partial charge in [0.05, 0.1) is 16.3 Å². The summed E-state index contributed by atoms with van der Waals surface area (Å²) in [6.07, 6.45) is 3.04. The lowest BCUT2D eigenvalue weighted by Crippen LogP contribution is -2.47. The first-order chi connectivity index (χ1) is 11.5. The number of amides is 1. The maximum Gasteiger partial charge on any atom is 0.257 e. The monoisotopic (exact) mass is 365 g/mol. The Morgan fingerprint density at radius 2 is 1.79 bits per heavy atom. The Morgan fingerprint density at radius 1 is 1.12 bits per heavy atom. The average Bonchev–Trinajstić information content (AvgIpc) is 2.59. The van der Waals surface area contributed by atoms with Gasteiger partial charge in [-0.15, -0.1) is 0 Å². The number of rotatable bonds is 3. The molecule has 1 fully saturated rings. The molecule has 0 bridgehead atoms. The fourth-order valence-electron chi connectivity index (χ4n) is 2.41. The standard InChI is InChI=1S/C16H17Cl2N5O/c1-22-4-6-23(7-5-22)15(24)11-9-19-16(20-10-11)21-14-8-12(17)2-3-13(14)18/h2-3,8-10H,4-7H2,1H3,(H,19,20,21). The maximum absolute atomic E-state index is 12.4. The molecule has 1 amide bonds. The van der Waals surface area contributed by atoms with E-state index in [0.29, 0.717) is 40.3 Å². The number of carbonyl (C=O) groups excluding carboxylic acids is 1. The smallest absolute Gasteiger partial charge is 0.257 e. The quantitative estimate of drug-likeness (QED) is 0.905. The number of anilines is 2. The van der Waals surface area contributed by atoms with Gasteiger partial charge in [0.25, 0.3) is 5.91 Å². The van der Waals surface area contributed by atoms with E-state index in [2.05, 4.69) is 20.2 Å². The van der Waals surface area contributed by atoms with E-state index < -0.39 is 0 Å². The lowest BCUT2D eigenvalue weighted by atomic mass is 10.2. The lowest BCUT2D eigenvalue weighted by Gasteiger charge is -2.32. The van der Waals surface area contributed by atoms with Crippen molar-refractivity contribution >= 4 is 40.7 Å². The number of likely N-dealkylation sites (N-methyl/N-ethyl adjacent to an activating group) is 1. The van der Waals surface area contributed by atoms with Crippen LogP contribution < -0.4 is 5.32 Å². The van der Waals surface area contributed by atoms with Crippen molar-refractivity contribution in [2.24, 2.45) is 0 Å². The van der Waals surface area contributed by atoms with Crippen LogP contribution >= 0.6 is 23.2 Å². The molecule has 3 rings (SSSR count). The van der Waals surface area contributed by atoms with Crippen molar-refractivity contribution in [3.63, 3.8) is 0 Å². The number of hydrogen-bond donors (Lipinski definition) is 1. The lowest BCUT2D eigenvalue weighted by molar-refractivity contribution is 0.0663. The third-order valence-corrected chi connectivity index (χ3v) is 4.43. The van der Waals surface area contributed by atoms with Crippen LogP contribution in [-0.2, 0) is 0 Å². The summed E-state index contributed by atoms with van der Waals surface area (Å²) in [5.74, 6) is 0.310. The molecule has 0 aliphatic carbocycles. The van der Waals surface area contributed by atoms with E-state index >= 15 is 0 Å². The molecule has 6 nitrogen and oxygen atoms in total. The summed E-state index contributed by atoms with van der Waals surface area (Å²) in [6, 6.07) is 5.09. The van der Waals surface area contributed by atoms with Crippen molar-refractivity contribution < 1.29 is 4.79 Å². The number of halogens is 2. The van der Waals surface area contributed by atoms with Crippen molar-refractivity contribution in [2.75, 3.05) is 38.5 Å². The van der Waals surface area contributed by atoms with Crippen molar-refractivity contribution in [3.8, 4) is 0 Å². The van der Waals surface area contributed by atoms with E-state index in [-0.39, 0.29) is 5.91 Å². The van der Waals surface area contributed by atoms with Gasteiger partial charge in [0.15, 0.2) is 0 Å². The predicted octanol–water partition coefficient (Wildman–Crippen LogP) is 2.91. The van der Waals surface area contributed by atoms with Gasteiger partial charge in [-0.2, -0.15) is 0 Å². The SMILES string of the molecule is CN1CCN(C(=O)c2cnc(Nc3cc(Cl)ccc3Cl)nc2)CC1. The highest BCUT2D eigenvalue weighted by Crippen LogP contribution is 2.27. The second-order valence-corrected chi connectivity index (χ2v) is 6.48. The largest absolute Gasteiger partial charge is 0.336 e. The number of hydrogen-bond acceptors (Lipinski definition) is 5. The van der Waals surface area contributed by atoms with Crippen molar-refractivity contribution in [1.29, 1.82) is 0 Å². The first-order valence-electron chi connectivity index (χ1n) is 7.55. The number of nitrogens with one attached hydrogen (secondary N) is 1. The summed E-state index contributed by atoms with van der Waals surface area (Å²) in [4.78, 5) is 24.8. The van der Waals surface area contributed by atoms with Gasteiger partial charge >= 0.3 is 0 Å². The molecule has 2 aromatic rings. The topological polar surface area (TPSA) is 61.4 Å². The molecule has 0 saturated carbocycles. The molecule has 1 aliphatic heterocycles. The first-order valence-corrected chi connectivity index (χ1v) is 8.30. The molecule has 0 spiro atoms. The van der Waals surface area contributed by atoms with E-state index in [9.17, 15) is 4.79 Å². The summed E-state index contributed by atoms with van der Waals surface area (Å²) in [6.45, 7) is 3.18. The molecule has 1 N–H and O–H groups in total. The number of piperazine rings is 1. The van der Waals surface area contributed by atoms with Gasteiger partial charge in [-0.1, -0.05) is 23.2 Å². The molecule has 1 aromatic carbocycles. The zero-order valence-electron chi connectivity index (χ0n) is 13.2. The molecule has 1 aromatic heterocycles. The number of nitrogens with zero attached hydrogens (tertiary/aromatic N) is 4. The van der Waals surface area contributed by atoms with Crippen LogP contribution in [0.5, 0.6) is 0 Å². The Morgan fingerprint density at radius 3 is 2.46 bits per heavy atom. The van der Waals surface area contributed by atoms with Gasteiger partial charge in [-0.25, -0.2) is 9.97 Å². The molecule has 126 valence electrons. The maximum atomic E-state index is 12.4. The number of benzene rings is 1. The summed E-state index contributed by atoms with van der Waals surface area (Å²) in [5, 5.41) is 4.07. The van der Waals surface area contributed by atoms with E-state index in [0.717, 1.165) is 13.1 Å². The zero-order chi connectivity index (χ0) is 17.1. The van der Waals surface area contributed by atoms with Crippen LogP contribution in [0.25, 0.3) is 0 Å². The first kappa shape index (κ1) is 17.0. The Labute approximate surface area is 150 Å². The summed E-state index contributed by atoms with van der Waals surface area (Å²) >= 11 is 12.1. The third-order valence-electron chi connectivity index (χ3n) is 3.86. The van der Waals surface area contributed by atoms with Crippen LogP contribution in [0.2, 0.25) is 10.0 Å². The summed E-state index contributed by atoms with van der Waals surface area (Å²) in [5.41, 5.74) is 1.09. The second-order valence-electron chi connectivity index (χ2n) is 5.64. The Hall–Kier alpha value is -1.89. The number of aromatic nitrogens is 2. The van der Waals surface area contributed by atoms with Gasteiger partial charge < -0.3 is 15.1 Å². The van der Waals surface area contributed by atoms with Crippen LogP contribution in [0.15, 0.2) is 30.6 Å². The molecule has 0 radical (unpaired) electrons. The van der Waals surface area contributed by atoms with Gasteiger partial charge in [0, 0.05) is 43.6 Å². The van der Waals surface area contributed by atoms with E-state index in [1.807, 2.05) is 11.9 Å².